The molecule has 0 amide bonds. The van der Waals surface area contributed by atoms with Gasteiger partial charge in [-0.15, -0.1) is 0 Å². The Hall–Kier alpha value is -0.940. The Labute approximate surface area is 201 Å². The van der Waals surface area contributed by atoms with Crippen LogP contribution in [0.4, 0.5) is 0 Å². The van der Waals surface area contributed by atoms with E-state index in [-0.39, 0.29) is 11.0 Å². The molecule has 0 atom stereocenters. The Kier molecular flexibility index (Phi) is 27.5. The highest BCUT2D eigenvalue weighted by molar-refractivity contribution is 5.14. The van der Waals surface area contributed by atoms with E-state index in [0.717, 1.165) is 11.0 Å². The fourth-order valence-electron chi connectivity index (χ4n) is 3.73. The van der Waals surface area contributed by atoms with Crippen LogP contribution in [-0.2, 0) is 6.54 Å². The zero-order chi connectivity index (χ0) is 22.5. The molecule has 1 rings (SSSR count). The first-order chi connectivity index (χ1) is 14.3. The Morgan fingerprint density at radius 1 is 0.625 bits per heavy atom. The first-order valence-electron chi connectivity index (χ1n) is 12.8. The highest BCUT2D eigenvalue weighted by Crippen LogP contribution is 2.13. The minimum absolute atomic E-state index is 0. The Morgan fingerprint density at radius 2 is 1.00 bits per heavy atom. The average molecular weight is 455 g/mol. The normalized spacial score (nSPS) is 10.7. The maximum Gasteiger partial charge on any atom is 0.0780 e. The molecule has 0 aliphatic heterocycles. The van der Waals surface area contributed by atoms with Gasteiger partial charge in [0.25, 0.3) is 0 Å². The fourth-order valence-corrected chi connectivity index (χ4v) is 3.73. The van der Waals surface area contributed by atoms with Crippen LogP contribution in [0.2, 0.25) is 0 Å². The van der Waals surface area contributed by atoms with Crippen molar-refractivity contribution in [3.63, 3.8) is 0 Å². The molecule has 1 aromatic carbocycles. The summed E-state index contributed by atoms with van der Waals surface area (Å²) < 4.78 is 1.12. The van der Waals surface area contributed by atoms with E-state index >= 15 is 0 Å². The topological polar surface area (TPSA) is 64.7 Å². The quantitative estimate of drug-likeness (QED) is 0.189. The van der Waals surface area contributed by atoms with Crippen LogP contribution in [0, 0.1) is 0 Å². The molecule has 0 spiro atoms. The van der Waals surface area contributed by atoms with Crippen LogP contribution in [0.5, 0.6) is 0 Å². The predicted octanol–water partition coefficient (Wildman–Crippen LogP) is 6.92. The van der Waals surface area contributed by atoms with Crippen LogP contribution in [0.15, 0.2) is 30.3 Å². The molecule has 0 aromatic heterocycles. The minimum atomic E-state index is 0. The van der Waals surface area contributed by atoms with Crippen molar-refractivity contribution < 1.29 is 15.4 Å². The lowest BCUT2D eigenvalue weighted by atomic mass is 10.0. The predicted molar refractivity (Wildman–Crippen MR) is 143 cm³/mol. The van der Waals surface area contributed by atoms with Gasteiger partial charge in [0.1, 0.15) is 0 Å². The summed E-state index contributed by atoms with van der Waals surface area (Å²) in [6, 6.07) is 10.5. The first kappa shape index (κ1) is 35.6. The van der Waals surface area contributed by atoms with Crippen molar-refractivity contribution in [3.8, 4) is 0 Å². The standard InChI is InChI=1S/C19H42N.C9H13N.2H2O/c1-5-6-7-8-9-10-11-12-13-14-15-16-17-18-19-20(2,3)4;1-10(2)8-9-6-4-3-5-7-9;;/h5-19H2,1-4H3;3-7H,8H2,1-2H3;2*1H2/q+1;;;/p-1. The van der Waals surface area contributed by atoms with E-state index in [0.29, 0.717) is 0 Å². The molecular formula is C28H58N2O2. The summed E-state index contributed by atoms with van der Waals surface area (Å²) in [4.78, 5) is 2.16. The summed E-state index contributed by atoms with van der Waals surface area (Å²) in [5.41, 5.74) is 1.37. The van der Waals surface area contributed by atoms with Gasteiger partial charge in [0.15, 0.2) is 0 Å². The van der Waals surface area contributed by atoms with Crippen molar-refractivity contribution in [2.24, 2.45) is 0 Å². The van der Waals surface area contributed by atoms with Gasteiger partial charge in [-0.1, -0.05) is 114 Å². The van der Waals surface area contributed by atoms with E-state index in [1.54, 1.807) is 0 Å². The van der Waals surface area contributed by atoms with Crippen molar-refractivity contribution in [2.45, 2.75) is 103 Å². The van der Waals surface area contributed by atoms with Crippen LogP contribution in [0.25, 0.3) is 0 Å². The zero-order valence-corrected chi connectivity index (χ0v) is 22.5. The van der Waals surface area contributed by atoms with Crippen LogP contribution in [0.3, 0.4) is 0 Å². The smallest absolute Gasteiger partial charge is 0.0780 e. The number of hydrogen-bond acceptors (Lipinski definition) is 2. The van der Waals surface area contributed by atoms with E-state index in [1.807, 2.05) is 6.07 Å². The number of benzene rings is 1. The van der Waals surface area contributed by atoms with Gasteiger partial charge in [0.05, 0.1) is 27.7 Å². The number of rotatable bonds is 17. The van der Waals surface area contributed by atoms with E-state index in [1.165, 1.54) is 102 Å². The highest BCUT2D eigenvalue weighted by atomic mass is 16.0. The van der Waals surface area contributed by atoms with Crippen molar-refractivity contribution in [3.05, 3.63) is 35.9 Å². The Balaban J connectivity index is -0.000000591. The van der Waals surface area contributed by atoms with E-state index in [4.69, 9.17) is 0 Å². The summed E-state index contributed by atoms with van der Waals surface area (Å²) in [7, 11) is 11.0. The molecule has 0 aliphatic rings. The highest BCUT2D eigenvalue weighted by Gasteiger charge is 2.04. The van der Waals surface area contributed by atoms with E-state index in [2.05, 4.69) is 71.3 Å². The van der Waals surface area contributed by atoms with E-state index < -0.39 is 0 Å². The third-order valence-electron chi connectivity index (χ3n) is 5.52. The van der Waals surface area contributed by atoms with Crippen LogP contribution in [-0.4, -0.2) is 62.1 Å². The lowest BCUT2D eigenvalue weighted by molar-refractivity contribution is -0.870. The summed E-state index contributed by atoms with van der Waals surface area (Å²) in [5.74, 6) is 0. The van der Waals surface area contributed by atoms with Crippen molar-refractivity contribution in [1.29, 1.82) is 0 Å². The maximum absolute atomic E-state index is 2.29. The molecule has 0 heterocycles. The van der Waals surface area contributed by atoms with Crippen molar-refractivity contribution in [2.75, 3.05) is 41.8 Å². The Morgan fingerprint density at radius 3 is 1.34 bits per heavy atom. The van der Waals surface area contributed by atoms with Crippen LogP contribution in [0.1, 0.15) is 102 Å². The summed E-state index contributed by atoms with van der Waals surface area (Å²) in [6.45, 7) is 4.65. The molecule has 0 saturated heterocycles. The Bertz CT molecular complexity index is 458. The lowest BCUT2D eigenvalue weighted by Crippen LogP contribution is -2.35. The number of hydrogen-bond donors (Lipinski definition) is 0. The maximum atomic E-state index is 2.29. The van der Waals surface area contributed by atoms with Crippen molar-refractivity contribution >= 4 is 0 Å². The third kappa shape index (κ3) is 29.1. The lowest BCUT2D eigenvalue weighted by Gasteiger charge is -2.23. The SMILES string of the molecule is CCCCCCCCCCCCCCCC[N+](C)(C)C.CN(C)Cc1ccccc1.O.[OH-]. The molecule has 192 valence electrons. The molecule has 0 saturated carbocycles. The molecule has 0 radical (unpaired) electrons. The zero-order valence-electron chi connectivity index (χ0n) is 22.5. The molecule has 0 aliphatic carbocycles. The molecule has 4 heteroatoms. The van der Waals surface area contributed by atoms with Gasteiger partial charge in [-0.3, -0.25) is 0 Å². The molecule has 3 N–H and O–H groups in total. The monoisotopic (exact) mass is 454 g/mol. The average Bonchev–Trinajstić information content (AvgIpc) is 2.68. The van der Waals surface area contributed by atoms with Gasteiger partial charge < -0.3 is 20.3 Å². The molecule has 0 fully saturated rings. The number of unbranched alkanes of at least 4 members (excludes halogenated alkanes) is 13. The van der Waals surface area contributed by atoms with Crippen LogP contribution >= 0.6 is 0 Å². The van der Waals surface area contributed by atoms with Crippen LogP contribution < -0.4 is 0 Å². The van der Waals surface area contributed by atoms with Gasteiger partial charge in [-0.25, -0.2) is 0 Å². The molecule has 1 aromatic rings. The van der Waals surface area contributed by atoms with Gasteiger partial charge in [-0.05, 0) is 32.5 Å². The molecule has 0 unspecified atom stereocenters. The third-order valence-corrected chi connectivity index (χ3v) is 5.52. The molecular weight excluding hydrogens is 396 g/mol. The molecule has 4 nitrogen and oxygen atoms in total. The molecule has 32 heavy (non-hydrogen) atoms. The second-order valence-corrected chi connectivity index (χ2v) is 10.3. The largest absolute Gasteiger partial charge is 0.870 e. The summed E-state index contributed by atoms with van der Waals surface area (Å²) in [5, 5.41) is 0. The van der Waals surface area contributed by atoms with Gasteiger partial charge in [-0.2, -0.15) is 0 Å². The second-order valence-electron chi connectivity index (χ2n) is 10.3. The van der Waals surface area contributed by atoms with E-state index in [9.17, 15) is 0 Å². The second kappa shape index (κ2) is 24.7. The van der Waals surface area contributed by atoms with Gasteiger partial charge in [0, 0.05) is 6.54 Å². The van der Waals surface area contributed by atoms with Gasteiger partial charge in [0.2, 0.25) is 0 Å². The number of nitrogens with zero attached hydrogens (tertiary/aromatic N) is 2. The van der Waals surface area contributed by atoms with Crippen molar-refractivity contribution in [1.82, 2.24) is 4.90 Å². The number of quaternary nitrogens is 1. The summed E-state index contributed by atoms with van der Waals surface area (Å²) >= 11 is 0. The first-order valence-corrected chi connectivity index (χ1v) is 12.8. The molecule has 0 bridgehead atoms. The van der Waals surface area contributed by atoms with Gasteiger partial charge >= 0.3 is 0 Å². The minimum Gasteiger partial charge on any atom is -0.870 e. The fraction of sp³-hybridized carbons (Fsp3) is 0.786. The summed E-state index contributed by atoms with van der Waals surface area (Å²) in [6.07, 6.45) is 20.4.